The molecule has 186 valence electrons. The summed E-state index contributed by atoms with van der Waals surface area (Å²) >= 11 is 0. The molecule has 6 heteroatoms. The molecule has 1 saturated carbocycles. The first-order valence-corrected chi connectivity index (χ1v) is 13.3. The van der Waals surface area contributed by atoms with E-state index < -0.39 is 11.6 Å². The van der Waals surface area contributed by atoms with Crippen molar-refractivity contribution >= 4 is 11.9 Å². The van der Waals surface area contributed by atoms with Crippen LogP contribution in [0.15, 0.2) is 24.3 Å². The molecule has 3 heterocycles. The zero-order chi connectivity index (χ0) is 23.8. The third kappa shape index (κ3) is 4.71. The summed E-state index contributed by atoms with van der Waals surface area (Å²) < 4.78 is 13.1. The predicted molar refractivity (Wildman–Crippen MR) is 129 cm³/mol. The largest absolute Gasteiger partial charge is 0.487 e. The molecule has 3 fully saturated rings. The lowest BCUT2D eigenvalue weighted by Gasteiger charge is -2.55. The number of carboxylic acids is 1. The Morgan fingerprint density at radius 3 is 2.59 bits per heavy atom. The van der Waals surface area contributed by atoms with Crippen LogP contribution in [0.5, 0.6) is 5.75 Å². The first-order valence-electron chi connectivity index (χ1n) is 13.3. The third-order valence-corrected chi connectivity index (χ3v) is 9.19. The number of fused-ring (bicyclic) bond motifs is 3. The average Bonchev–Trinajstić information content (AvgIpc) is 3.36. The maximum atomic E-state index is 12.9. The molecular formula is C28H39NO5. The minimum atomic E-state index is -0.795. The molecule has 4 aliphatic rings. The summed E-state index contributed by atoms with van der Waals surface area (Å²) in [5.74, 6) is 1.19. The van der Waals surface area contributed by atoms with E-state index in [-0.39, 0.29) is 23.9 Å². The van der Waals surface area contributed by atoms with Gasteiger partial charge in [-0.1, -0.05) is 43.9 Å². The van der Waals surface area contributed by atoms with Gasteiger partial charge in [0.2, 0.25) is 5.91 Å². The van der Waals surface area contributed by atoms with Crippen LogP contribution >= 0.6 is 0 Å². The van der Waals surface area contributed by atoms with Gasteiger partial charge in [-0.15, -0.1) is 0 Å². The van der Waals surface area contributed by atoms with Crippen molar-refractivity contribution in [2.24, 2.45) is 17.3 Å². The molecule has 0 bridgehead atoms. The van der Waals surface area contributed by atoms with Gasteiger partial charge in [0.25, 0.3) is 0 Å². The number of para-hydroxylation sites is 1. The van der Waals surface area contributed by atoms with Crippen molar-refractivity contribution in [3.63, 3.8) is 0 Å². The molecule has 1 spiro atoms. The number of carboxylic acid groups (broad SMARTS) is 1. The van der Waals surface area contributed by atoms with Crippen LogP contribution in [0.1, 0.15) is 89.2 Å². The van der Waals surface area contributed by atoms with Gasteiger partial charge >= 0.3 is 5.97 Å². The molecule has 3 atom stereocenters. The van der Waals surface area contributed by atoms with Crippen molar-refractivity contribution in [1.29, 1.82) is 0 Å². The van der Waals surface area contributed by atoms with E-state index in [0.717, 1.165) is 56.0 Å². The van der Waals surface area contributed by atoms with Gasteiger partial charge in [0.1, 0.15) is 11.4 Å². The summed E-state index contributed by atoms with van der Waals surface area (Å²) in [7, 11) is 0. The van der Waals surface area contributed by atoms with Crippen LogP contribution in [0.2, 0.25) is 0 Å². The fourth-order valence-electron chi connectivity index (χ4n) is 6.95. The number of piperidine rings is 1. The number of amides is 1. The Morgan fingerprint density at radius 2 is 1.85 bits per heavy atom. The second-order valence-electron chi connectivity index (χ2n) is 11.5. The van der Waals surface area contributed by atoms with E-state index in [1.165, 1.54) is 25.7 Å². The molecule has 3 aliphatic heterocycles. The van der Waals surface area contributed by atoms with E-state index in [4.69, 9.17) is 9.47 Å². The van der Waals surface area contributed by atoms with E-state index in [9.17, 15) is 14.7 Å². The van der Waals surface area contributed by atoms with Crippen LogP contribution in [-0.4, -0.2) is 47.2 Å². The minimum Gasteiger partial charge on any atom is -0.487 e. The van der Waals surface area contributed by atoms with Crippen molar-refractivity contribution in [3.05, 3.63) is 29.8 Å². The summed E-state index contributed by atoms with van der Waals surface area (Å²) in [4.78, 5) is 26.3. The standard InChI is InChI=1S/C28H39NO5/c1-27(13-12-25(31)32)22-18-28(19-33-26(22)21-8-4-5-9-23(21)34-27)14-16-29(17-15-28)24(30)11-10-20-6-2-3-7-20/h4-5,8-9,20,22,26H,2-3,6-7,10-19H2,1H3,(H,31,32)/t22-,26+,27-/m0/s1. The Kier molecular flexibility index (Phi) is 6.62. The lowest BCUT2D eigenvalue weighted by atomic mass is 9.63. The van der Waals surface area contributed by atoms with Crippen molar-refractivity contribution in [2.75, 3.05) is 19.7 Å². The summed E-state index contributed by atoms with van der Waals surface area (Å²) in [6.45, 7) is 4.36. The van der Waals surface area contributed by atoms with Crippen LogP contribution in [0.25, 0.3) is 0 Å². The number of ether oxygens (including phenoxy) is 2. The molecule has 34 heavy (non-hydrogen) atoms. The number of hydrogen-bond donors (Lipinski definition) is 1. The Hall–Kier alpha value is -2.08. The number of carbonyl (C=O) groups is 2. The average molecular weight is 470 g/mol. The van der Waals surface area contributed by atoms with Gasteiger partial charge in [0, 0.05) is 37.4 Å². The third-order valence-electron chi connectivity index (χ3n) is 9.19. The number of nitrogens with zero attached hydrogens (tertiary/aromatic N) is 1. The highest BCUT2D eigenvalue weighted by atomic mass is 16.5. The Balaban J connectivity index is 1.26. The molecule has 0 unspecified atom stereocenters. The zero-order valence-corrected chi connectivity index (χ0v) is 20.5. The maximum Gasteiger partial charge on any atom is 0.303 e. The van der Waals surface area contributed by atoms with Crippen molar-refractivity contribution in [1.82, 2.24) is 4.90 Å². The fourth-order valence-corrected chi connectivity index (χ4v) is 6.95. The highest BCUT2D eigenvalue weighted by Crippen LogP contribution is 2.56. The highest BCUT2D eigenvalue weighted by molar-refractivity contribution is 5.76. The van der Waals surface area contributed by atoms with Gasteiger partial charge in [-0.3, -0.25) is 9.59 Å². The van der Waals surface area contributed by atoms with Crippen molar-refractivity contribution in [2.45, 2.75) is 89.3 Å². The number of benzene rings is 1. The predicted octanol–water partition coefficient (Wildman–Crippen LogP) is 5.36. The second-order valence-corrected chi connectivity index (χ2v) is 11.5. The summed E-state index contributed by atoms with van der Waals surface area (Å²) in [6, 6.07) is 8.02. The van der Waals surface area contributed by atoms with Crippen LogP contribution in [0.4, 0.5) is 0 Å². The van der Waals surface area contributed by atoms with Crippen molar-refractivity contribution in [3.8, 4) is 5.75 Å². The summed E-state index contributed by atoms with van der Waals surface area (Å²) in [5, 5.41) is 9.36. The molecule has 1 aliphatic carbocycles. The summed E-state index contributed by atoms with van der Waals surface area (Å²) in [5.41, 5.74) is 0.525. The molecule has 1 aromatic rings. The van der Waals surface area contributed by atoms with E-state index in [2.05, 4.69) is 17.9 Å². The second kappa shape index (κ2) is 9.52. The molecule has 5 rings (SSSR count). The Labute approximate surface area is 203 Å². The van der Waals surface area contributed by atoms with Crippen LogP contribution < -0.4 is 4.74 Å². The molecule has 1 N–H and O–H groups in total. The van der Waals surface area contributed by atoms with Crippen molar-refractivity contribution < 1.29 is 24.2 Å². The van der Waals surface area contributed by atoms with Gasteiger partial charge in [-0.2, -0.15) is 0 Å². The van der Waals surface area contributed by atoms with Gasteiger partial charge in [0.15, 0.2) is 0 Å². The maximum absolute atomic E-state index is 12.9. The lowest BCUT2D eigenvalue weighted by molar-refractivity contribution is -0.183. The van der Waals surface area contributed by atoms with Crippen LogP contribution in [0.3, 0.4) is 0 Å². The fraction of sp³-hybridized carbons (Fsp3) is 0.714. The van der Waals surface area contributed by atoms with Crippen LogP contribution in [0, 0.1) is 17.3 Å². The molecule has 1 aromatic carbocycles. The first kappa shape index (κ1) is 23.7. The number of hydrogen-bond acceptors (Lipinski definition) is 4. The number of rotatable bonds is 6. The van der Waals surface area contributed by atoms with Gasteiger partial charge < -0.3 is 19.5 Å². The number of likely N-dealkylation sites (tertiary alicyclic amines) is 1. The molecule has 1 amide bonds. The molecule has 0 radical (unpaired) electrons. The van der Waals surface area contributed by atoms with Gasteiger partial charge in [-0.25, -0.2) is 0 Å². The zero-order valence-electron chi connectivity index (χ0n) is 20.5. The van der Waals surface area contributed by atoms with Crippen LogP contribution in [-0.2, 0) is 14.3 Å². The molecular weight excluding hydrogens is 430 g/mol. The number of aliphatic carboxylic acids is 1. The Morgan fingerprint density at radius 1 is 1.12 bits per heavy atom. The smallest absolute Gasteiger partial charge is 0.303 e. The number of carbonyl (C=O) groups excluding carboxylic acids is 1. The lowest BCUT2D eigenvalue weighted by Crippen LogP contribution is -2.55. The summed E-state index contributed by atoms with van der Waals surface area (Å²) in [6.07, 6.45) is 10.3. The Bertz CT molecular complexity index is 902. The van der Waals surface area contributed by atoms with E-state index >= 15 is 0 Å². The highest BCUT2D eigenvalue weighted by Gasteiger charge is 2.54. The van der Waals surface area contributed by atoms with E-state index in [0.29, 0.717) is 25.4 Å². The van der Waals surface area contributed by atoms with E-state index in [1.54, 1.807) is 0 Å². The molecule has 2 saturated heterocycles. The minimum absolute atomic E-state index is 0.0313. The normalized spacial score (nSPS) is 30.4. The first-order chi connectivity index (χ1) is 16.4. The quantitative estimate of drug-likeness (QED) is 0.607. The molecule has 6 nitrogen and oxygen atoms in total. The SMILES string of the molecule is C[C@@]1(CCC(=O)O)Oc2ccccc2[C@H]2OCC3(CCN(C(=O)CCC4CCCC4)CC3)C[C@@H]21. The van der Waals surface area contributed by atoms with Gasteiger partial charge in [0.05, 0.1) is 12.7 Å². The monoisotopic (exact) mass is 469 g/mol. The topological polar surface area (TPSA) is 76.1 Å². The van der Waals surface area contributed by atoms with E-state index in [1.807, 2.05) is 18.2 Å². The molecule has 0 aromatic heterocycles. The van der Waals surface area contributed by atoms with Gasteiger partial charge in [-0.05, 0) is 56.4 Å².